The Labute approximate surface area is 121 Å². The van der Waals surface area contributed by atoms with Crippen LogP contribution in [0.15, 0.2) is 17.0 Å². The Balaban J connectivity index is 3.70. The van der Waals surface area contributed by atoms with Crippen molar-refractivity contribution < 1.29 is 8.42 Å². The van der Waals surface area contributed by atoms with Crippen molar-refractivity contribution in [2.75, 3.05) is 0 Å². The van der Waals surface area contributed by atoms with E-state index in [0.717, 1.165) is 11.1 Å². The molecule has 0 saturated carbocycles. The molecule has 0 aliphatic carbocycles. The lowest BCUT2D eigenvalue weighted by molar-refractivity contribution is 0.606. The molecule has 0 aliphatic rings. The Hall–Kier alpha value is -0.540. The lowest BCUT2D eigenvalue weighted by Crippen LogP contribution is -2.07. The van der Waals surface area contributed by atoms with E-state index in [1.807, 2.05) is 19.9 Å². The molecule has 1 aromatic rings. The highest BCUT2D eigenvalue weighted by molar-refractivity contribution is 8.13. The van der Waals surface area contributed by atoms with E-state index >= 15 is 0 Å². The summed E-state index contributed by atoms with van der Waals surface area (Å²) in [6.45, 7) is 12.4. The summed E-state index contributed by atoms with van der Waals surface area (Å²) in [5.41, 5.74) is 3.09. The molecule has 1 rings (SSSR count). The van der Waals surface area contributed by atoms with E-state index in [9.17, 15) is 8.42 Å². The molecule has 0 saturated heterocycles. The van der Waals surface area contributed by atoms with E-state index in [-0.39, 0.29) is 16.7 Å². The predicted octanol–water partition coefficient (Wildman–Crippen LogP) is 4.98. The average molecular weight is 303 g/mol. The first kappa shape index (κ1) is 16.5. The van der Waals surface area contributed by atoms with E-state index in [1.54, 1.807) is 6.07 Å². The third kappa shape index (κ3) is 3.73. The SMILES string of the molecule is CC(C)c1cc(C(C)C)c(S(=O)(=O)Cl)cc1C(C)C. The molecule has 19 heavy (non-hydrogen) atoms. The van der Waals surface area contributed by atoms with Gasteiger partial charge in [0.05, 0.1) is 4.90 Å². The second-order valence-corrected chi connectivity index (χ2v) is 8.46. The van der Waals surface area contributed by atoms with Crippen LogP contribution in [0.25, 0.3) is 0 Å². The topological polar surface area (TPSA) is 34.1 Å². The number of benzene rings is 1. The Morgan fingerprint density at radius 1 is 0.789 bits per heavy atom. The number of hydrogen-bond donors (Lipinski definition) is 0. The minimum absolute atomic E-state index is 0.127. The summed E-state index contributed by atoms with van der Waals surface area (Å²) in [7, 11) is 1.88. The molecule has 0 fully saturated rings. The lowest BCUT2D eigenvalue weighted by Gasteiger charge is -2.21. The van der Waals surface area contributed by atoms with Gasteiger partial charge in [-0.1, -0.05) is 47.6 Å². The number of halogens is 1. The summed E-state index contributed by atoms with van der Waals surface area (Å²) in [6, 6.07) is 3.78. The van der Waals surface area contributed by atoms with Crippen LogP contribution in [0, 0.1) is 0 Å². The third-order valence-electron chi connectivity index (χ3n) is 3.34. The molecule has 0 bridgehead atoms. The molecule has 4 heteroatoms. The zero-order valence-corrected chi connectivity index (χ0v) is 14.1. The van der Waals surface area contributed by atoms with E-state index in [1.165, 1.54) is 5.56 Å². The van der Waals surface area contributed by atoms with Crippen molar-refractivity contribution in [2.45, 2.75) is 64.2 Å². The van der Waals surface area contributed by atoms with Gasteiger partial charge in [0.1, 0.15) is 0 Å². The van der Waals surface area contributed by atoms with Gasteiger partial charge in [0.2, 0.25) is 0 Å². The van der Waals surface area contributed by atoms with Crippen LogP contribution in [-0.2, 0) is 9.05 Å². The van der Waals surface area contributed by atoms with Gasteiger partial charge in [0.25, 0.3) is 9.05 Å². The fourth-order valence-corrected chi connectivity index (χ4v) is 3.54. The quantitative estimate of drug-likeness (QED) is 0.735. The summed E-state index contributed by atoms with van der Waals surface area (Å²) in [5, 5.41) is 0. The molecule has 0 unspecified atom stereocenters. The summed E-state index contributed by atoms with van der Waals surface area (Å²) in [4.78, 5) is 0.261. The minimum Gasteiger partial charge on any atom is -0.207 e. The van der Waals surface area contributed by atoms with Gasteiger partial charge in [-0.2, -0.15) is 0 Å². The Morgan fingerprint density at radius 3 is 1.47 bits per heavy atom. The van der Waals surface area contributed by atoms with Crippen molar-refractivity contribution in [1.29, 1.82) is 0 Å². The average Bonchev–Trinajstić information content (AvgIpc) is 2.25. The fourth-order valence-electron chi connectivity index (χ4n) is 2.29. The standard InChI is InChI=1S/C15H23ClO2S/c1-9(2)12-7-14(11(5)6)15(19(16,17)18)8-13(12)10(3)4/h7-11H,1-6H3. The molecular weight excluding hydrogens is 280 g/mol. The first-order valence-electron chi connectivity index (χ1n) is 6.68. The van der Waals surface area contributed by atoms with Crippen LogP contribution < -0.4 is 0 Å². The van der Waals surface area contributed by atoms with E-state index in [4.69, 9.17) is 10.7 Å². The molecule has 0 aliphatic heterocycles. The van der Waals surface area contributed by atoms with Crippen LogP contribution in [0.1, 0.15) is 76.0 Å². The van der Waals surface area contributed by atoms with E-state index in [0.29, 0.717) is 5.92 Å². The highest BCUT2D eigenvalue weighted by Crippen LogP contribution is 2.35. The molecule has 1 aromatic carbocycles. The zero-order valence-electron chi connectivity index (χ0n) is 12.5. The van der Waals surface area contributed by atoms with Gasteiger partial charge >= 0.3 is 0 Å². The maximum Gasteiger partial charge on any atom is 0.261 e. The normalized spacial score (nSPS) is 12.7. The summed E-state index contributed by atoms with van der Waals surface area (Å²) in [5.74, 6) is 0.764. The first-order valence-corrected chi connectivity index (χ1v) is 8.99. The largest absolute Gasteiger partial charge is 0.261 e. The van der Waals surface area contributed by atoms with Crippen LogP contribution in [0.3, 0.4) is 0 Å². The van der Waals surface area contributed by atoms with Crippen LogP contribution in [-0.4, -0.2) is 8.42 Å². The zero-order chi connectivity index (χ0) is 15.0. The molecule has 2 nitrogen and oxygen atoms in total. The van der Waals surface area contributed by atoms with Crippen LogP contribution in [0.5, 0.6) is 0 Å². The van der Waals surface area contributed by atoms with Gasteiger partial charge in [-0.05, 0) is 40.5 Å². The van der Waals surface area contributed by atoms with Crippen LogP contribution in [0.4, 0.5) is 0 Å². The third-order valence-corrected chi connectivity index (χ3v) is 4.72. The van der Waals surface area contributed by atoms with Crippen LogP contribution >= 0.6 is 10.7 Å². The molecule has 0 spiro atoms. The van der Waals surface area contributed by atoms with Gasteiger partial charge < -0.3 is 0 Å². The second kappa shape index (κ2) is 5.84. The van der Waals surface area contributed by atoms with Gasteiger partial charge in [0, 0.05) is 10.7 Å². The van der Waals surface area contributed by atoms with E-state index in [2.05, 4.69) is 27.7 Å². The second-order valence-electron chi connectivity index (χ2n) is 5.92. The predicted molar refractivity (Wildman–Crippen MR) is 81.7 cm³/mol. The molecule has 0 radical (unpaired) electrons. The molecule has 0 amide bonds. The molecule has 0 aromatic heterocycles. The fraction of sp³-hybridized carbons (Fsp3) is 0.600. The van der Waals surface area contributed by atoms with Gasteiger partial charge in [-0.25, -0.2) is 8.42 Å². The van der Waals surface area contributed by atoms with Crippen molar-refractivity contribution in [3.63, 3.8) is 0 Å². The number of hydrogen-bond acceptors (Lipinski definition) is 2. The Bertz CT molecular complexity index is 558. The van der Waals surface area contributed by atoms with Crippen molar-refractivity contribution in [2.24, 2.45) is 0 Å². The van der Waals surface area contributed by atoms with Gasteiger partial charge in [-0.15, -0.1) is 0 Å². The van der Waals surface area contributed by atoms with Gasteiger partial charge in [0.15, 0.2) is 0 Å². The minimum atomic E-state index is -3.70. The molecule has 0 N–H and O–H groups in total. The summed E-state index contributed by atoms with van der Waals surface area (Å²) >= 11 is 0. The van der Waals surface area contributed by atoms with Crippen molar-refractivity contribution in [3.05, 3.63) is 28.8 Å². The van der Waals surface area contributed by atoms with Gasteiger partial charge in [-0.3, -0.25) is 0 Å². The highest BCUT2D eigenvalue weighted by Gasteiger charge is 2.22. The van der Waals surface area contributed by atoms with Crippen molar-refractivity contribution in [3.8, 4) is 0 Å². The monoisotopic (exact) mass is 302 g/mol. The summed E-state index contributed by atoms with van der Waals surface area (Å²) in [6.07, 6.45) is 0. The molecule has 0 atom stereocenters. The van der Waals surface area contributed by atoms with E-state index < -0.39 is 9.05 Å². The molecular formula is C15H23ClO2S. The van der Waals surface area contributed by atoms with Crippen LogP contribution in [0.2, 0.25) is 0 Å². The lowest BCUT2D eigenvalue weighted by atomic mass is 9.87. The molecule has 108 valence electrons. The summed E-state index contributed by atoms with van der Waals surface area (Å²) < 4.78 is 23.6. The van der Waals surface area contributed by atoms with Crippen molar-refractivity contribution >= 4 is 19.7 Å². The first-order chi connectivity index (χ1) is 8.55. The number of rotatable bonds is 4. The maximum absolute atomic E-state index is 11.8. The smallest absolute Gasteiger partial charge is 0.207 e. The molecule has 0 heterocycles. The van der Waals surface area contributed by atoms with Crippen molar-refractivity contribution in [1.82, 2.24) is 0 Å². The highest BCUT2D eigenvalue weighted by atomic mass is 35.7. The Morgan fingerprint density at radius 2 is 1.16 bits per heavy atom. The maximum atomic E-state index is 11.8. The Kier molecular flexibility index (Phi) is 5.08.